The number of aromatic nitrogens is 1. The van der Waals surface area contributed by atoms with Gasteiger partial charge in [0.1, 0.15) is 22.5 Å². The predicted octanol–water partition coefficient (Wildman–Crippen LogP) is 4.65. The lowest BCUT2D eigenvalue weighted by molar-refractivity contribution is -0.141. The van der Waals surface area contributed by atoms with Crippen molar-refractivity contribution >= 4 is 50.4 Å². The van der Waals surface area contributed by atoms with Gasteiger partial charge >= 0.3 is 5.97 Å². The van der Waals surface area contributed by atoms with E-state index in [1.807, 2.05) is 32.0 Å². The van der Waals surface area contributed by atoms with Gasteiger partial charge < -0.3 is 29.8 Å². The average Bonchev–Trinajstić information content (AvgIpc) is 3.55. The molecule has 0 radical (unpaired) electrons. The van der Waals surface area contributed by atoms with E-state index in [1.165, 1.54) is 12.1 Å². The lowest BCUT2D eigenvalue weighted by Gasteiger charge is -2.24. The normalized spacial score (nSPS) is 18.2. The Kier molecular flexibility index (Phi) is 6.30. The number of halogens is 1. The van der Waals surface area contributed by atoms with Crippen molar-refractivity contribution in [2.75, 3.05) is 24.6 Å². The fourth-order valence-corrected chi connectivity index (χ4v) is 5.73. The summed E-state index contributed by atoms with van der Waals surface area (Å²) in [6.45, 7) is 5.07. The molecule has 0 spiro atoms. The predicted molar refractivity (Wildman–Crippen MR) is 154 cm³/mol. The highest BCUT2D eigenvalue weighted by molar-refractivity contribution is 6.15. The van der Waals surface area contributed by atoms with Crippen LogP contribution in [0.25, 0.3) is 44.0 Å². The molecule has 5 aromatic rings. The summed E-state index contributed by atoms with van der Waals surface area (Å²) in [6.07, 6.45) is 0.163. The number of aliphatic hydroxyl groups is 1. The standard InChI is InChI=1S/C31H28FN3O6/c1-3-35(4-2)24-13-25-22(26-27(41-25)20-9-8-19(32)11-23(20)33-29(26)38)12-21(24)16-6-5-7-17(10-16)28(37)34-31(30(39)40)14-18(31)15-36/h5-13,18,36H,3-4,14-15H2,1-2H3,(H,33,38)(H,34,37)(H,39,40)/t18-,31-/m1/s1. The molecular weight excluding hydrogens is 529 g/mol. The largest absolute Gasteiger partial charge is 0.479 e. The van der Waals surface area contributed by atoms with E-state index in [9.17, 15) is 29.0 Å². The second-order valence-electron chi connectivity index (χ2n) is 10.4. The molecule has 2 atom stereocenters. The van der Waals surface area contributed by atoms with E-state index in [4.69, 9.17) is 4.42 Å². The number of carboxylic acid groups (broad SMARTS) is 1. The molecule has 0 saturated heterocycles. The van der Waals surface area contributed by atoms with Crippen LogP contribution in [0.5, 0.6) is 0 Å². The van der Waals surface area contributed by atoms with E-state index in [1.54, 1.807) is 24.3 Å². The van der Waals surface area contributed by atoms with Gasteiger partial charge in [0.2, 0.25) is 0 Å². The average molecular weight is 558 g/mol. The number of aliphatic hydroxyl groups excluding tert-OH is 1. The molecule has 1 saturated carbocycles. The van der Waals surface area contributed by atoms with Gasteiger partial charge in [0.25, 0.3) is 11.5 Å². The lowest BCUT2D eigenvalue weighted by atomic mass is 9.97. The maximum Gasteiger partial charge on any atom is 0.329 e. The zero-order chi connectivity index (χ0) is 29.1. The summed E-state index contributed by atoms with van der Waals surface area (Å²) < 4.78 is 20.1. The molecule has 0 aliphatic heterocycles. The number of aliphatic carboxylic acids is 1. The maximum absolute atomic E-state index is 13.9. The highest BCUT2D eigenvalue weighted by atomic mass is 19.1. The number of carboxylic acids is 1. The van der Waals surface area contributed by atoms with Gasteiger partial charge in [-0.2, -0.15) is 0 Å². The van der Waals surface area contributed by atoms with E-state index in [0.29, 0.717) is 51.5 Å². The molecule has 1 aliphatic carbocycles. The van der Waals surface area contributed by atoms with E-state index in [-0.39, 0.29) is 18.6 Å². The van der Waals surface area contributed by atoms with Crippen LogP contribution in [0.2, 0.25) is 0 Å². The Labute approximate surface area is 233 Å². The molecule has 3 aromatic carbocycles. The van der Waals surface area contributed by atoms with Gasteiger partial charge in [0.15, 0.2) is 0 Å². The van der Waals surface area contributed by atoms with Crippen LogP contribution in [0, 0.1) is 11.7 Å². The lowest BCUT2D eigenvalue weighted by Crippen LogP contribution is -2.45. The number of benzene rings is 3. The van der Waals surface area contributed by atoms with E-state index in [0.717, 1.165) is 11.3 Å². The topological polar surface area (TPSA) is 136 Å². The molecule has 2 aromatic heterocycles. The summed E-state index contributed by atoms with van der Waals surface area (Å²) in [4.78, 5) is 43.1. The molecule has 0 bridgehead atoms. The van der Waals surface area contributed by atoms with Crippen molar-refractivity contribution in [3.63, 3.8) is 0 Å². The number of carbonyl (C=O) groups excluding carboxylic acids is 1. The number of hydrogen-bond donors (Lipinski definition) is 4. The van der Waals surface area contributed by atoms with Crippen LogP contribution >= 0.6 is 0 Å². The van der Waals surface area contributed by atoms with Crippen LogP contribution in [0.3, 0.4) is 0 Å². The quantitative estimate of drug-likeness (QED) is 0.218. The number of pyridine rings is 1. The third kappa shape index (κ3) is 4.22. The maximum atomic E-state index is 13.9. The van der Waals surface area contributed by atoms with Crippen LogP contribution in [0.15, 0.2) is 63.8 Å². The van der Waals surface area contributed by atoms with Crippen molar-refractivity contribution in [2.24, 2.45) is 5.92 Å². The van der Waals surface area contributed by atoms with Gasteiger partial charge in [-0.15, -0.1) is 0 Å². The number of furan rings is 1. The first-order valence-electron chi connectivity index (χ1n) is 13.4. The van der Waals surface area contributed by atoms with Crippen LogP contribution in [-0.4, -0.2) is 52.3 Å². The molecule has 210 valence electrons. The molecule has 41 heavy (non-hydrogen) atoms. The first kappa shape index (κ1) is 26.5. The Balaban J connectivity index is 1.52. The van der Waals surface area contributed by atoms with Crippen molar-refractivity contribution < 1.29 is 28.6 Å². The highest BCUT2D eigenvalue weighted by Crippen LogP contribution is 2.44. The number of nitrogens with one attached hydrogen (secondary N) is 2. The summed E-state index contributed by atoms with van der Waals surface area (Å²) in [5.74, 6) is -2.74. The number of amides is 1. The van der Waals surface area contributed by atoms with Gasteiger partial charge in [-0.25, -0.2) is 9.18 Å². The van der Waals surface area contributed by atoms with Gasteiger partial charge in [0.05, 0.1) is 10.9 Å². The molecule has 1 fully saturated rings. The van der Waals surface area contributed by atoms with Crippen molar-refractivity contribution in [1.82, 2.24) is 10.3 Å². The third-order valence-corrected chi connectivity index (χ3v) is 8.09. The van der Waals surface area contributed by atoms with Gasteiger partial charge in [0, 0.05) is 59.3 Å². The van der Waals surface area contributed by atoms with Crippen LogP contribution in [0.1, 0.15) is 30.6 Å². The molecule has 2 heterocycles. The van der Waals surface area contributed by atoms with Crippen LogP contribution in [-0.2, 0) is 4.79 Å². The first-order valence-corrected chi connectivity index (χ1v) is 13.4. The Morgan fingerprint density at radius 3 is 2.59 bits per heavy atom. The number of anilines is 1. The second kappa shape index (κ2) is 9.74. The monoisotopic (exact) mass is 557 g/mol. The zero-order valence-electron chi connectivity index (χ0n) is 22.5. The fourth-order valence-electron chi connectivity index (χ4n) is 5.73. The Morgan fingerprint density at radius 1 is 1.12 bits per heavy atom. The molecule has 0 unspecified atom stereocenters. The summed E-state index contributed by atoms with van der Waals surface area (Å²) in [6, 6.07) is 14.7. The molecule has 6 rings (SSSR count). The number of carbonyl (C=O) groups is 2. The minimum atomic E-state index is -1.48. The Hall–Kier alpha value is -4.70. The SMILES string of the molecule is CCN(CC)c1cc2oc3c4ccc(F)cc4[nH]c(=O)c3c2cc1-c1cccc(C(=O)N[C@]2(C(=O)O)C[C@@H]2CO)c1. The number of fused-ring (bicyclic) bond motifs is 5. The third-order valence-electron chi connectivity index (χ3n) is 8.09. The van der Waals surface area contributed by atoms with Gasteiger partial charge in [-0.1, -0.05) is 12.1 Å². The highest BCUT2D eigenvalue weighted by Gasteiger charge is 2.61. The van der Waals surface area contributed by atoms with E-state index >= 15 is 0 Å². The first-order chi connectivity index (χ1) is 19.7. The molecule has 1 amide bonds. The number of H-pyrrole nitrogens is 1. The van der Waals surface area contributed by atoms with E-state index < -0.39 is 34.7 Å². The number of rotatable bonds is 8. The van der Waals surface area contributed by atoms with Gasteiger partial charge in [-0.3, -0.25) is 9.59 Å². The smallest absolute Gasteiger partial charge is 0.329 e. The number of nitrogens with zero attached hydrogens (tertiary/aromatic N) is 1. The van der Waals surface area contributed by atoms with Crippen molar-refractivity contribution in [3.8, 4) is 11.1 Å². The molecule has 9 nitrogen and oxygen atoms in total. The number of hydrogen-bond acceptors (Lipinski definition) is 6. The second-order valence-corrected chi connectivity index (χ2v) is 10.4. The van der Waals surface area contributed by atoms with Gasteiger partial charge in [-0.05, 0) is 62.2 Å². The summed E-state index contributed by atoms with van der Waals surface area (Å²) in [5.41, 5.74) is 1.84. The van der Waals surface area contributed by atoms with Crippen LogP contribution < -0.4 is 15.8 Å². The molecule has 4 N–H and O–H groups in total. The minimum Gasteiger partial charge on any atom is -0.479 e. The Morgan fingerprint density at radius 2 is 1.90 bits per heavy atom. The van der Waals surface area contributed by atoms with E-state index in [2.05, 4.69) is 15.2 Å². The molecular formula is C31H28FN3O6. The molecule has 1 aliphatic rings. The summed E-state index contributed by atoms with van der Waals surface area (Å²) in [7, 11) is 0. The summed E-state index contributed by atoms with van der Waals surface area (Å²) >= 11 is 0. The Bertz CT molecular complexity index is 1920. The minimum absolute atomic E-state index is 0.163. The van der Waals surface area contributed by atoms with Crippen molar-refractivity contribution in [1.29, 1.82) is 0 Å². The summed E-state index contributed by atoms with van der Waals surface area (Å²) in [5, 5.41) is 23.2. The van der Waals surface area contributed by atoms with Crippen molar-refractivity contribution in [3.05, 3.63) is 76.3 Å². The fraction of sp³-hybridized carbons (Fsp3) is 0.258. The molecule has 10 heteroatoms. The van der Waals surface area contributed by atoms with Crippen molar-refractivity contribution in [2.45, 2.75) is 25.8 Å². The zero-order valence-corrected chi connectivity index (χ0v) is 22.5. The number of aromatic amines is 1. The van der Waals surface area contributed by atoms with Crippen LogP contribution in [0.4, 0.5) is 10.1 Å².